The summed E-state index contributed by atoms with van der Waals surface area (Å²) in [6.07, 6.45) is 1.88. The maximum atomic E-state index is 13.2. The van der Waals surface area contributed by atoms with Crippen molar-refractivity contribution in [2.45, 2.75) is 32.2 Å². The number of anilines is 1. The Morgan fingerprint density at radius 3 is 2.12 bits per heavy atom. The van der Waals surface area contributed by atoms with Crippen LogP contribution in [0.25, 0.3) is 0 Å². The second-order valence-corrected chi connectivity index (χ2v) is 10.4. The molecule has 2 aromatic carbocycles. The van der Waals surface area contributed by atoms with E-state index in [0.29, 0.717) is 65.2 Å². The van der Waals surface area contributed by atoms with Crippen molar-refractivity contribution in [2.75, 3.05) is 57.7 Å². The normalized spacial score (nSPS) is 12.4. The summed E-state index contributed by atoms with van der Waals surface area (Å²) >= 11 is 0. The van der Waals surface area contributed by atoms with Gasteiger partial charge in [-0.2, -0.15) is 0 Å². The Morgan fingerprint density at radius 2 is 1.39 bits per heavy atom. The number of benzene rings is 2. The van der Waals surface area contributed by atoms with Gasteiger partial charge in [-0.1, -0.05) is 42.2 Å². The number of phosphoric ester groups is 1. The fourth-order valence-corrected chi connectivity index (χ4v) is 4.32. The Kier molecular flexibility index (Phi) is 14.0. The molecule has 0 saturated heterocycles. The third-order valence-electron chi connectivity index (χ3n) is 6.02. The molecule has 1 aliphatic heterocycles. The zero-order valence-electron chi connectivity index (χ0n) is 23.0. The second kappa shape index (κ2) is 17.7. The molecule has 0 unspecified atom stereocenters. The highest BCUT2D eigenvalue weighted by atomic mass is 31.2. The van der Waals surface area contributed by atoms with Crippen LogP contribution in [-0.2, 0) is 39.4 Å². The lowest BCUT2D eigenvalue weighted by molar-refractivity contribution is -0.122. The molecular formula is C29H37N2O9P. The van der Waals surface area contributed by atoms with E-state index in [1.165, 1.54) is 0 Å². The lowest BCUT2D eigenvalue weighted by Gasteiger charge is -2.26. The molecule has 2 amide bonds. The number of nitrogens with one attached hydrogen (secondary N) is 1. The fraction of sp³-hybridized carbons (Fsp3) is 0.448. The van der Waals surface area contributed by atoms with Crippen molar-refractivity contribution in [3.8, 4) is 11.8 Å². The van der Waals surface area contributed by atoms with Crippen LogP contribution >= 0.6 is 7.82 Å². The molecular weight excluding hydrogens is 551 g/mol. The number of unbranched alkanes of at least 4 members (excludes halogenated alkanes) is 1. The number of ether oxygens (including phenoxy) is 3. The first-order valence-corrected chi connectivity index (χ1v) is 15.1. The van der Waals surface area contributed by atoms with E-state index in [9.17, 15) is 14.2 Å². The third kappa shape index (κ3) is 12.5. The van der Waals surface area contributed by atoms with Crippen molar-refractivity contribution >= 4 is 25.3 Å². The van der Waals surface area contributed by atoms with E-state index < -0.39 is 7.82 Å². The molecule has 0 spiro atoms. The van der Waals surface area contributed by atoms with Crippen molar-refractivity contribution < 1.29 is 42.7 Å². The number of amides is 2. The highest BCUT2D eigenvalue weighted by Crippen LogP contribution is 2.35. The Hall–Kier alpha value is -3.07. The quantitative estimate of drug-likeness (QED) is 0.136. The zero-order valence-corrected chi connectivity index (χ0v) is 23.9. The van der Waals surface area contributed by atoms with Crippen LogP contribution in [0, 0.1) is 11.8 Å². The monoisotopic (exact) mass is 588 g/mol. The van der Waals surface area contributed by atoms with Crippen LogP contribution in [0.1, 0.15) is 42.4 Å². The summed E-state index contributed by atoms with van der Waals surface area (Å²) < 4.78 is 30.6. The van der Waals surface area contributed by atoms with Crippen molar-refractivity contribution in [3.05, 3.63) is 65.2 Å². The molecule has 0 radical (unpaired) electrons. The van der Waals surface area contributed by atoms with Crippen molar-refractivity contribution in [1.82, 2.24) is 5.32 Å². The summed E-state index contributed by atoms with van der Waals surface area (Å²) in [7, 11) is -4.46. The maximum absolute atomic E-state index is 13.2. The minimum Gasteiger partial charge on any atom is -0.377 e. The van der Waals surface area contributed by atoms with Gasteiger partial charge in [0.05, 0.1) is 58.5 Å². The average Bonchev–Trinajstić information content (AvgIpc) is 2.94. The number of phosphoric acid groups is 1. The third-order valence-corrected chi connectivity index (χ3v) is 6.54. The summed E-state index contributed by atoms with van der Waals surface area (Å²) in [6.45, 7) is 2.32. The molecule has 222 valence electrons. The van der Waals surface area contributed by atoms with Crippen molar-refractivity contribution in [1.29, 1.82) is 0 Å². The lowest BCUT2D eigenvalue weighted by atomic mass is 10.0. The highest BCUT2D eigenvalue weighted by molar-refractivity contribution is 7.46. The van der Waals surface area contributed by atoms with Gasteiger partial charge in [-0.25, -0.2) is 4.57 Å². The van der Waals surface area contributed by atoms with E-state index in [2.05, 4.69) is 21.7 Å². The molecule has 12 heteroatoms. The SMILES string of the molecule is O=C(CCCCC(=O)N1Cc2ccccc2C#Cc2ccccc21)NCCOCCOCCOCCOP(=O)(O)O. The topological polar surface area (TPSA) is 144 Å². The van der Waals surface area contributed by atoms with Crippen molar-refractivity contribution in [3.63, 3.8) is 0 Å². The number of para-hydroxylation sites is 1. The molecule has 41 heavy (non-hydrogen) atoms. The van der Waals surface area contributed by atoms with Gasteiger partial charge in [-0.15, -0.1) is 0 Å². The van der Waals surface area contributed by atoms with Gasteiger partial charge in [0.25, 0.3) is 0 Å². The molecule has 1 heterocycles. The molecule has 1 aliphatic rings. The number of fused-ring (bicyclic) bond motifs is 2. The van der Waals surface area contributed by atoms with Crippen LogP contribution in [0.15, 0.2) is 48.5 Å². The van der Waals surface area contributed by atoms with E-state index >= 15 is 0 Å². The van der Waals surface area contributed by atoms with E-state index in [4.69, 9.17) is 24.0 Å². The number of carbonyl (C=O) groups is 2. The molecule has 0 bridgehead atoms. The van der Waals surface area contributed by atoms with Gasteiger partial charge in [0.2, 0.25) is 11.8 Å². The summed E-state index contributed by atoms with van der Waals surface area (Å²) in [5.41, 5.74) is 3.56. The minimum absolute atomic E-state index is 0.00691. The van der Waals surface area contributed by atoms with E-state index in [0.717, 1.165) is 22.4 Å². The first-order chi connectivity index (χ1) is 19.8. The highest BCUT2D eigenvalue weighted by Gasteiger charge is 2.20. The summed E-state index contributed by atoms with van der Waals surface area (Å²) in [4.78, 5) is 44.2. The number of carbonyl (C=O) groups excluding carboxylic acids is 2. The molecule has 0 atom stereocenters. The van der Waals surface area contributed by atoms with Gasteiger partial charge in [-0.3, -0.25) is 14.1 Å². The van der Waals surface area contributed by atoms with Crippen molar-refractivity contribution in [2.24, 2.45) is 0 Å². The van der Waals surface area contributed by atoms with E-state index in [1.54, 1.807) is 4.90 Å². The standard InChI is InChI=1S/C29H37N2O9P/c32-28(30-15-16-37-17-18-38-19-20-39-21-22-40-41(34,35)36)11-5-6-12-29(33)31-23-26-9-2-1-7-24(26)13-14-25-8-3-4-10-27(25)31/h1-4,7-10H,5-6,11-12,15-23H2,(H,30,32)(H2,34,35,36). The zero-order chi connectivity index (χ0) is 29.3. The Balaban J connectivity index is 1.23. The molecule has 0 saturated carbocycles. The summed E-state index contributed by atoms with van der Waals surface area (Å²) in [5.74, 6) is 6.34. The van der Waals surface area contributed by atoms with E-state index in [-0.39, 0.29) is 31.6 Å². The van der Waals surface area contributed by atoms with Crippen LogP contribution in [0.4, 0.5) is 5.69 Å². The Bertz CT molecular complexity index is 1240. The smallest absolute Gasteiger partial charge is 0.377 e. The minimum atomic E-state index is -4.46. The first kappa shape index (κ1) is 32.4. The van der Waals surface area contributed by atoms with Gasteiger partial charge in [0.1, 0.15) is 0 Å². The van der Waals surface area contributed by atoms with Gasteiger partial charge < -0.3 is 34.2 Å². The average molecular weight is 589 g/mol. The number of hydrogen-bond acceptors (Lipinski definition) is 7. The van der Waals surface area contributed by atoms with Crippen LogP contribution < -0.4 is 10.2 Å². The number of nitrogens with zero attached hydrogens (tertiary/aromatic N) is 1. The van der Waals surface area contributed by atoms with E-state index in [1.807, 2.05) is 48.5 Å². The van der Waals surface area contributed by atoms with Gasteiger partial charge >= 0.3 is 7.82 Å². The summed E-state index contributed by atoms with van der Waals surface area (Å²) in [5, 5.41) is 2.81. The fourth-order valence-electron chi connectivity index (χ4n) is 4.01. The predicted octanol–water partition coefficient (Wildman–Crippen LogP) is 2.77. The predicted molar refractivity (Wildman–Crippen MR) is 152 cm³/mol. The van der Waals surface area contributed by atoms with Crippen LogP contribution in [0.5, 0.6) is 0 Å². The van der Waals surface area contributed by atoms with Gasteiger partial charge in [0, 0.05) is 30.5 Å². The number of hydrogen-bond donors (Lipinski definition) is 3. The molecule has 0 fully saturated rings. The Labute approximate surface area is 240 Å². The molecule has 3 rings (SSSR count). The van der Waals surface area contributed by atoms with Gasteiger partial charge in [0.15, 0.2) is 0 Å². The van der Waals surface area contributed by atoms with Crippen LogP contribution in [-0.4, -0.2) is 74.4 Å². The molecule has 0 aromatic heterocycles. The Morgan fingerprint density at radius 1 is 0.805 bits per heavy atom. The molecule has 0 aliphatic carbocycles. The molecule has 2 aromatic rings. The second-order valence-electron chi connectivity index (χ2n) is 9.12. The molecule has 3 N–H and O–H groups in total. The first-order valence-electron chi connectivity index (χ1n) is 13.5. The van der Waals surface area contributed by atoms with Crippen LogP contribution in [0.2, 0.25) is 0 Å². The number of rotatable bonds is 18. The molecule has 11 nitrogen and oxygen atoms in total. The maximum Gasteiger partial charge on any atom is 0.469 e. The lowest BCUT2D eigenvalue weighted by Crippen LogP contribution is -2.31. The van der Waals surface area contributed by atoms with Crippen LogP contribution in [0.3, 0.4) is 0 Å². The summed E-state index contributed by atoms with van der Waals surface area (Å²) in [6, 6.07) is 15.5. The largest absolute Gasteiger partial charge is 0.469 e. The van der Waals surface area contributed by atoms with Gasteiger partial charge in [-0.05, 0) is 36.6 Å².